The van der Waals surface area contributed by atoms with Gasteiger partial charge in [-0.1, -0.05) is 29.8 Å². The number of aromatic amines is 1. The van der Waals surface area contributed by atoms with Crippen LogP contribution < -0.4 is 10.9 Å². The van der Waals surface area contributed by atoms with Crippen LogP contribution in [0.1, 0.15) is 25.2 Å². The van der Waals surface area contributed by atoms with E-state index in [1.165, 1.54) is 18.2 Å². The number of pyridine rings is 1. The smallest absolute Gasteiger partial charge is 0.357 e. The Bertz CT molecular complexity index is 1110. The maximum absolute atomic E-state index is 13.6. The average molecular weight is 439 g/mol. The molecule has 1 heterocycles. The van der Waals surface area contributed by atoms with Gasteiger partial charge in [-0.3, -0.25) is 9.36 Å². The van der Waals surface area contributed by atoms with E-state index in [4.69, 9.17) is 20.6 Å². The Kier molecular flexibility index (Phi) is 6.75. The minimum atomic E-state index is -3.82. The van der Waals surface area contributed by atoms with Gasteiger partial charge in [0.2, 0.25) is 0 Å². The molecule has 0 saturated heterocycles. The molecule has 3 rings (SSSR count). The number of halogens is 2. The minimum Gasteiger partial charge on any atom is -0.368 e. The first-order chi connectivity index (χ1) is 13.9. The van der Waals surface area contributed by atoms with Crippen LogP contribution in [-0.4, -0.2) is 18.2 Å². The highest BCUT2D eigenvalue weighted by atomic mass is 35.5. The van der Waals surface area contributed by atoms with Gasteiger partial charge in [0.1, 0.15) is 5.82 Å². The number of hydrogen-bond donors (Lipinski definition) is 2. The molecule has 2 N–H and O–H groups in total. The Labute approximate surface area is 172 Å². The van der Waals surface area contributed by atoms with E-state index < -0.39 is 24.8 Å². The molecule has 0 aliphatic carbocycles. The summed E-state index contributed by atoms with van der Waals surface area (Å²) in [6, 6.07) is 12.8. The molecule has 1 unspecified atom stereocenters. The fraction of sp³-hybridized carbons (Fsp3) is 0.250. The zero-order valence-electron chi connectivity index (χ0n) is 15.9. The molecule has 0 aliphatic heterocycles. The molecule has 3 aromatic rings. The van der Waals surface area contributed by atoms with Gasteiger partial charge in [-0.25, -0.2) is 4.39 Å². The highest BCUT2D eigenvalue weighted by molar-refractivity contribution is 7.54. The van der Waals surface area contributed by atoms with E-state index in [2.05, 4.69) is 10.3 Å². The molecule has 0 spiro atoms. The van der Waals surface area contributed by atoms with Crippen LogP contribution >= 0.6 is 19.2 Å². The second kappa shape index (κ2) is 9.09. The Morgan fingerprint density at radius 2 is 1.83 bits per heavy atom. The van der Waals surface area contributed by atoms with Gasteiger partial charge in [-0.2, -0.15) is 0 Å². The van der Waals surface area contributed by atoms with Crippen LogP contribution in [0.15, 0.2) is 53.3 Å². The number of aromatic nitrogens is 1. The number of nitrogens with one attached hydrogen (secondary N) is 2. The van der Waals surface area contributed by atoms with Gasteiger partial charge in [-0.15, -0.1) is 0 Å². The lowest BCUT2D eigenvalue weighted by atomic mass is 10.1. The third-order valence-electron chi connectivity index (χ3n) is 4.23. The second-order valence-corrected chi connectivity index (χ2v) is 8.71. The zero-order chi connectivity index (χ0) is 21.0. The van der Waals surface area contributed by atoms with Crippen LogP contribution in [0.5, 0.6) is 0 Å². The van der Waals surface area contributed by atoms with Gasteiger partial charge in [-0.05, 0) is 49.6 Å². The van der Waals surface area contributed by atoms with Crippen molar-refractivity contribution in [2.24, 2.45) is 0 Å². The quantitative estimate of drug-likeness (QED) is 0.441. The summed E-state index contributed by atoms with van der Waals surface area (Å²) in [6.45, 7) is 3.60. The van der Waals surface area contributed by atoms with E-state index in [0.717, 1.165) is 5.39 Å². The number of benzene rings is 2. The lowest BCUT2D eigenvalue weighted by molar-refractivity contribution is 0.214. The van der Waals surface area contributed by atoms with Crippen molar-refractivity contribution in [3.63, 3.8) is 0 Å². The van der Waals surface area contributed by atoms with Crippen LogP contribution in [0.2, 0.25) is 5.02 Å². The molecule has 0 amide bonds. The Balaban J connectivity index is 2.16. The van der Waals surface area contributed by atoms with Crippen LogP contribution in [0, 0.1) is 5.82 Å². The molecular formula is C20H21ClFN2O4P. The van der Waals surface area contributed by atoms with Crippen molar-refractivity contribution >= 4 is 35.8 Å². The molecule has 29 heavy (non-hydrogen) atoms. The van der Waals surface area contributed by atoms with Gasteiger partial charge in [0, 0.05) is 11.2 Å². The van der Waals surface area contributed by atoms with Crippen molar-refractivity contribution in [2.75, 3.05) is 18.5 Å². The molecule has 6 nitrogen and oxygen atoms in total. The van der Waals surface area contributed by atoms with Crippen molar-refractivity contribution in [2.45, 2.75) is 19.6 Å². The molecule has 0 bridgehead atoms. The molecular weight excluding hydrogens is 418 g/mol. The molecule has 0 saturated carbocycles. The Morgan fingerprint density at radius 1 is 1.14 bits per heavy atom. The zero-order valence-corrected chi connectivity index (χ0v) is 17.6. The largest absolute Gasteiger partial charge is 0.368 e. The second-order valence-electron chi connectivity index (χ2n) is 6.19. The van der Waals surface area contributed by atoms with E-state index in [-0.39, 0.29) is 23.8 Å². The molecule has 0 fully saturated rings. The predicted octanol–water partition coefficient (Wildman–Crippen LogP) is 5.70. The van der Waals surface area contributed by atoms with Gasteiger partial charge < -0.3 is 19.3 Å². The molecule has 2 aromatic carbocycles. The number of anilines is 1. The summed E-state index contributed by atoms with van der Waals surface area (Å²) in [5, 5.41) is 3.64. The lowest BCUT2D eigenvalue weighted by Gasteiger charge is -2.28. The summed E-state index contributed by atoms with van der Waals surface area (Å²) in [5.74, 6) is -1.72. The highest BCUT2D eigenvalue weighted by Gasteiger charge is 2.39. The third-order valence-corrected chi connectivity index (χ3v) is 6.80. The number of fused-ring (bicyclic) bond motifs is 1. The van der Waals surface area contributed by atoms with E-state index in [1.807, 2.05) is 12.1 Å². The summed E-state index contributed by atoms with van der Waals surface area (Å²) in [7, 11) is -3.82. The topological polar surface area (TPSA) is 80.4 Å². The fourth-order valence-electron chi connectivity index (χ4n) is 2.98. The molecule has 154 valence electrons. The van der Waals surface area contributed by atoms with Crippen molar-refractivity contribution in [3.8, 4) is 0 Å². The molecule has 1 atom stereocenters. The lowest BCUT2D eigenvalue weighted by Crippen LogP contribution is -2.23. The van der Waals surface area contributed by atoms with E-state index in [9.17, 15) is 13.8 Å². The average Bonchev–Trinajstić information content (AvgIpc) is 2.69. The molecule has 9 heteroatoms. The summed E-state index contributed by atoms with van der Waals surface area (Å²) >= 11 is 5.87. The van der Waals surface area contributed by atoms with E-state index in [0.29, 0.717) is 11.2 Å². The maximum atomic E-state index is 13.6. The van der Waals surface area contributed by atoms with Crippen molar-refractivity contribution in [1.82, 2.24) is 4.98 Å². The SMILES string of the molecule is CCOP(=O)(OCC)C(Nc1ccc(F)c(Cl)c1)c1cc2ccccc2[nH]c1=O. The third kappa shape index (κ3) is 4.70. The minimum absolute atomic E-state index is 0.108. The Morgan fingerprint density at radius 3 is 2.48 bits per heavy atom. The van der Waals surface area contributed by atoms with Crippen LogP contribution in [0.4, 0.5) is 10.1 Å². The van der Waals surface area contributed by atoms with Crippen LogP contribution in [0.3, 0.4) is 0 Å². The predicted molar refractivity (Wildman–Crippen MR) is 113 cm³/mol. The maximum Gasteiger partial charge on any atom is 0.357 e. The van der Waals surface area contributed by atoms with Gasteiger partial charge in [0.25, 0.3) is 5.56 Å². The molecule has 0 aliphatic rings. The standard InChI is InChI=1S/C20H21ClFN2O4P/c1-3-27-29(26,28-4-2)20(23-14-9-10-17(22)16(21)12-14)15-11-13-7-5-6-8-18(13)24-19(15)25/h5-12,20,23H,3-4H2,1-2H3,(H,24,25). The summed E-state index contributed by atoms with van der Waals surface area (Å²) < 4.78 is 38.1. The van der Waals surface area contributed by atoms with Crippen LogP contribution in [-0.2, 0) is 13.6 Å². The van der Waals surface area contributed by atoms with E-state index >= 15 is 0 Å². The van der Waals surface area contributed by atoms with Crippen molar-refractivity contribution in [1.29, 1.82) is 0 Å². The number of hydrogen-bond acceptors (Lipinski definition) is 5. The first kappa shape index (κ1) is 21.5. The Hall–Kier alpha value is -2.18. The van der Waals surface area contributed by atoms with Gasteiger partial charge in [0.15, 0.2) is 5.78 Å². The first-order valence-electron chi connectivity index (χ1n) is 9.10. The summed E-state index contributed by atoms with van der Waals surface area (Å²) in [5.41, 5.74) is 0.754. The highest BCUT2D eigenvalue weighted by Crippen LogP contribution is 2.60. The summed E-state index contributed by atoms with van der Waals surface area (Å²) in [6.07, 6.45) is 0. The fourth-order valence-corrected chi connectivity index (χ4v) is 5.10. The van der Waals surface area contributed by atoms with Gasteiger partial charge in [0.05, 0.1) is 23.8 Å². The first-order valence-corrected chi connectivity index (χ1v) is 11.1. The molecule has 1 aromatic heterocycles. The number of H-pyrrole nitrogens is 1. The van der Waals surface area contributed by atoms with Gasteiger partial charge >= 0.3 is 7.60 Å². The normalized spacial score (nSPS) is 12.8. The van der Waals surface area contributed by atoms with Crippen molar-refractivity contribution in [3.05, 3.63) is 75.3 Å². The molecule has 0 radical (unpaired) electrons. The van der Waals surface area contributed by atoms with Crippen molar-refractivity contribution < 1.29 is 18.0 Å². The van der Waals surface area contributed by atoms with Crippen LogP contribution in [0.25, 0.3) is 10.9 Å². The number of rotatable bonds is 8. The summed E-state index contributed by atoms with van der Waals surface area (Å²) in [4.78, 5) is 15.6. The van der Waals surface area contributed by atoms with E-state index in [1.54, 1.807) is 32.0 Å². The monoisotopic (exact) mass is 438 g/mol. The number of para-hydroxylation sites is 1.